The van der Waals surface area contributed by atoms with E-state index in [2.05, 4.69) is 15.9 Å². The largest absolute Gasteiger partial charge is 0.204 e. The van der Waals surface area contributed by atoms with E-state index < -0.39 is 22.5 Å². The molecule has 5 heteroatoms. The highest BCUT2D eigenvalue weighted by molar-refractivity contribution is 9.10. The molecule has 0 atom stereocenters. The molecule has 0 aliphatic carbocycles. The van der Waals surface area contributed by atoms with Crippen molar-refractivity contribution in [3.8, 4) is 0 Å². The van der Waals surface area contributed by atoms with Crippen molar-refractivity contribution in [2.24, 2.45) is 0 Å². The Kier molecular flexibility index (Phi) is 2.68. The molecule has 0 aliphatic rings. The van der Waals surface area contributed by atoms with E-state index >= 15 is 0 Å². The van der Waals surface area contributed by atoms with Gasteiger partial charge in [-0.25, -0.2) is 13.2 Å². The molecule has 0 radical (unpaired) electrons. The summed E-state index contributed by atoms with van der Waals surface area (Å²) in [5.74, 6) is -3.46. The van der Waals surface area contributed by atoms with Gasteiger partial charge in [-0.15, -0.1) is 0 Å². The van der Waals surface area contributed by atoms with Crippen molar-refractivity contribution < 1.29 is 13.2 Å². The maximum atomic E-state index is 12.8. The lowest BCUT2D eigenvalue weighted by molar-refractivity contribution is 0.487. The molecule has 0 nitrogen and oxygen atoms in total. The highest BCUT2D eigenvalue weighted by Crippen LogP contribution is 2.31. The summed E-state index contributed by atoms with van der Waals surface area (Å²) in [5.41, 5.74) is -0.130. The fourth-order valence-electron chi connectivity index (χ4n) is 0.715. The summed E-state index contributed by atoms with van der Waals surface area (Å²) >= 11 is 7.89. The lowest BCUT2D eigenvalue weighted by Gasteiger charge is -2.04. The predicted octanol–water partition coefficient (Wildman–Crippen LogP) is 3.83. The smallest absolute Gasteiger partial charge is 0.180 e. The number of rotatable bonds is 0. The van der Waals surface area contributed by atoms with Crippen LogP contribution in [-0.2, 0) is 0 Å². The van der Waals surface area contributed by atoms with Gasteiger partial charge in [0.1, 0.15) is 5.02 Å². The average molecular weight is 259 g/mol. The Bertz CT molecular complexity index is 233. The Morgan fingerprint density at radius 3 is 2.08 bits per heavy atom. The number of benzene rings is 1. The molecule has 0 aromatic heterocycles. The van der Waals surface area contributed by atoms with Gasteiger partial charge < -0.3 is 0 Å². The molecule has 0 bridgehead atoms. The van der Waals surface area contributed by atoms with Gasteiger partial charge in [-0.3, -0.25) is 0 Å². The number of hydrogen-bond acceptors (Lipinski definition) is 0. The van der Waals surface area contributed by atoms with E-state index in [0.29, 0.717) is 0 Å². The third kappa shape index (κ3) is 1.33. The Hall–Kier alpha value is -0.220. The molecule has 66 valence electrons. The molecular weight excluding hydrogens is 256 g/mol. The van der Waals surface area contributed by atoms with E-state index in [-0.39, 0.29) is 10.0 Å². The minimum absolute atomic E-state index is 0.130. The topological polar surface area (TPSA) is 0 Å². The zero-order valence-electron chi connectivity index (χ0n) is 5.89. The third-order valence-electron chi connectivity index (χ3n) is 1.43. The summed E-state index contributed by atoms with van der Waals surface area (Å²) < 4.78 is 38.1. The van der Waals surface area contributed by atoms with E-state index in [1.165, 1.54) is 6.92 Å². The zero-order valence-corrected chi connectivity index (χ0v) is 8.23. The lowest BCUT2D eigenvalue weighted by Crippen LogP contribution is -1.96. The molecule has 0 unspecified atom stereocenters. The van der Waals surface area contributed by atoms with Gasteiger partial charge in [0.15, 0.2) is 17.5 Å². The average Bonchev–Trinajstić information content (AvgIpc) is 2.08. The van der Waals surface area contributed by atoms with Crippen LogP contribution < -0.4 is 0 Å². The summed E-state index contributed by atoms with van der Waals surface area (Å²) in [4.78, 5) is 0. The van der Waals surface area contributed by atoms with Gasteiger partial charge in [-0.2, -0.15) is 0 Å². The summed E-state index contributed by atoms with van der Waals surface area (Å²) in [6.07, 6.45) is 0. The fraction of sp³-hybridized carbons (Fsp3) is 0.143. The van der Waals surface area contributed by atoms with E-state index in [9.17, 15) is 13.2 Å². The van der Waals surface area contributed by atoms with Crippen molar-refractivity contribution in [3.05, 3.63) is 32.5 Å². The SMILES string of the molecule is Cc1c(F)c(F)c(Cl)c(F)c1Br. The van der Waals surface area contributed by atoms with Gasteiger partial charge in [0.05, 0.1) is 4.47 Å². The first-order valence-corrected chi connectivity index (χ1v) is 4.12. The first kappa shape index (κ1) is 9.86. The normalized spacial score (nSPS) is 10.5. The van der Waals surface area contributed by atoms with Crippen LogP contribution >= 0.6 is 27.5 Å². The van der Waals surface area contributed by atoms with Gasteiger partial charge in [0.2, 0.25) is 0 Å². The molecular formula is C7H3BrClF3. The quantitative estimate of drug-likeness (QED) is 0.491. The summed E-state index contributed by atoms with van der Waals surface area (Å²) in [6.45, 7) is 1.25. The predicted molar refractivity (Wildman–Crippen MR) is 43.8 cm³/mol. The second kappa shape index (κ2) is 3.26. The Labute approximate surface area is 80.5 Å². The van der Waals surface area contributed by atoms with Crippen LogP contribution in [-0.4, -0.2) is 0 Å². The molecule has 0 spiro atoms. The minimum Gasteiger partial charge on any atom is -0.204 e. The van der Waals surface area contributed by atoms with Gasteiger partial charge in [0.25, 0.3) is 0 Å². The molecule has 0 N–H and O–H groups in total. The third-order valence-corrected chi connectivity index (χ3v) is 2.70. The molecule has 0 saturated carbocycles. The van der Waals surface area contributed by atoms with Crippen LogP contribution in [0.1, 0.15) is 5.56 Å². The molecule has 1 aromatic rings. The van der Waals surface area contributed by atoms with Crippen molar-refractivity contribution in [2.45, 2.75) is 6.92 Å². The second-order valence-electron chi connectivity index (χ2n) is 2.19. The van der Waals surface area contributed by atoms with Crippen LogP contribution in [0.2, 0.25) is 5.02 Å². The van der Waals surface area contributed by atoms with Crippen molar-refractivity contribution in [1.82, 2.24) is 0 Å². The van der Waals surface area contributed by atoms with Crippen molar-refractivity contribution in [3.63, 3.8) is 0 Å². The van der Waals surface area contributed by atoms with Crippen LogP contribution in [0.5, 0.6) is 0 Å². The first-order valence-electron chi connectivity index (χ1n) is 2.94. The van der Waals surface area contributed by atoms with Crippen molar-refractivity contribution in [2.75, 3.05) is 0 Å². The minimum atomic E-state index is -1.35. The Balaban J connectivity index is 3.60. The zero-order chi connectivity index (χ0) is 9.46. The Morgan fingerprint density at radius 2 is 1.58 bits per heavy atom. The summed E-state index contributed by atoms with van der Waals surface area (Å²) in [7, 11) is 0. The molecule has 0 amide bonds. The molecule has 0 fully saturated rings. The van der Waals surface area contributed by atoms with Crippen molar-refractivity contribution >= 4 is 27.5 Å². The van der Waals surface area contributed by atoms with Crippen LogP contribution in [0, 0.1) is 24.4 Å². The standard InChI is InChI=1S/C7H3BrClF3/c1-2-3(8)6(11)4(9)7(12)5(2)10/h1H3. The van der Waals surface area contributed by atoms with E-state index in [1.807, 2.05) is 0 Å². The first-order chi connectivity index (χ1) is 5.46. The van der Waals surface area contributed by atoms with Crippen LogP contribution in [0.4, 0.5) is 13.2 Å². The second-order valence-corrected chi connectivity index (χ2v) is 3.37. The van der Waals surface area contributed by atoms with Crippen LogP contribution in [0.25, 0.3) is 0 Å². The van der Waals surface area contributed by atoms with E-state index in [0.717, 1.165) is 0 Å². The van der Waals surface area contributed by atoms with E-state index in [4.69, 9.17) is 11.6 Å². The maximum Gasteiger partial charge on any atom is 0.180 e. The lowest BCUT2D eigenvalue weighted by atomic mass is 10.2. The molecule has 12 heavy (non-hydrogen) atoms. The van der Waals surface area contributed by atoms with E-state index in [1.54, 1.807) is 0 Å². The highest BCUT2D eigenvalue weighted by Gasteiger charge is 2.19. The van der Waals surface area contributed by atoms with Gasteiger partial charge in [-0.1, -0.05) is 11.6 Å². The maximum absolute atomic E-state index is 12.8. The van der Waals surface area contributed by atoms with Gasteiger partial charge >= 0.3 is 0 Å². The monoisotopic (exact) mass is 258 g/mol. The molecule has 1 rings (SSSR count). The number of hydrogen-bond donors (Lipinski definition) is 0. The van der Waals surface area contributed by atoms with Crippen molar-refractivity contribution in [1.29, 1.82) is 0 Å². The molecule has 0 aliphatic heterocycles. The number of halogens is 5. The fourth-order valence-corrected chi connectivity index (χ4v) is 1.38. The van der Waals surface area contributed by atoms with Gasteiger partial charge in [-0.05, 0) is 22.9 Å². The Morgan fingerprint density at radius 1 is 1.08 bits per heavy atom. The summed E-state index contributed by atoms with van der Waals surface area (Å²) in [5, 5.41) is -0.829. The highest BCUT2D eigenvalue weighted by atomic mass is 79.9. The van der Waals surface area contributed by atoms with Crippen LogP contribution in [0.15, 0.2) is 4.47 Å². The van der Waals surface area contributed by atoms with Crippen LogP contribution in [0.3, 0.4) is 0 Å². The molecule has 0 heterocycles. The molecule has 1 aromatic carbocycles. The van der Waals surface area contributed by atoms with Gasteiger partial charge in [0, 0.05) is 5.56 Å². The molecule has 0 saturated heterocycles. The summed E-state index contributed by atoms with van der Waals surface area (Å²) in [6, 6.07) is 0.